The van der Waals surface area contributed by atoms with Crippen molar-refractivity contribution in [1.82, 2.24) is 19.5 Å². The predicted octanol–water partition coefficient (Wildman–Crippen LogP) is 3.71. The molecule has 0 aliphatic carbocycles. The van der Waals surface area contributed by atoms with Gasteiger partial charge in [0.15, 0.2) is 11.4 Å². The van der Waals surface area contributed by atoms with Gasteiger partial charge in [0.25, 0.3) is 0 Å². The van der Waals surface area contributed by atoms with Crippen LogP contribution in [-0.4, -0.2) is 31.8 Å². The van der Waals surface area contributed by atoms with Crippen LogP contribution in [0.4, 0.5) is 13.2 Å². The number of aromatic nitrogens is 4. The van der Waals surface area contributed by atoms with Crippen LogP contribution in [0.15, 0.2) is 84.6 Å². The number of benzene rings is 2. The highest BCUT2D eigenvalue weighted by Gasteiger charge is 2.45. The van der Waals surface area contributed by atoms with Gasteiger partial charge in [0.1, 0.15) is 12.1 Å². The van der Waals surface area contributed by atoms with Crippen molar-refractivity contribution < 1.29 is 17.9 Å². The van der Waals surface area contributed by atoms with E-state index in [0.29, 0.717) is 11.4 Å². The van der Waals surface area contributed by atoms with Gasteiger partial charge in [0, 0.05) is 30.4 Å². The second-order valence-electron chi connectivity index (χ2n) is 7.08. The number of imidazole rings is 1. The van der Waals surface area contributed by atoms with Gasteiger partial charge in [-0.3, -0.25) is 4.57 Å². The van der Waals surface area contributed by atoms with Crippen LogP contribution in [0.25, 0.3) is 11.1 Å². The zero-order chi connectivity index (χ0) is 22.3. The first-order chi connectivity index (χ1) is 15.4. The molecule has 0 bridgehead atoms. The van der Waals surface area contributed by atoms with Gasteiger partial charge < -0.3 is 10.5 Å². The van der Waals surface area contributed by atoms with E-state index in [-0.39, 0.29) is 11.7 Å². The quantitative estimate of drug-likeness (QED) is 0.527. The summed E-state index contributed by atoms with van der Waals surface area (Å²) in [6.07, 6.45) is 3.33. The Morgan fingerprint density at radius 2 is 1.69 bits per heavy atom. The summed E-state index contributed by atoms with van der Waals surface area (Å²) >= 11 is 0. The molecule has 10 heteroatoms. The van der Waals surface area contributed by atoms with Crippen molar-refractivity contribution in [3.63, 3.8) is 0 Å². The number of fused-ring (bicyclic) bond motifs is 1. The molecule has 7 nitrogen and oxygen atoms in total. The monoisotopic (exact) mass is 436 g/mol. The average molecular weight is 436 g/mol. The number of halogens is 3. The minimum atomic E-state index is -4.78. The Bertz CT molecular complexity index is 1300. The van der Waals surface area contributed by atoms with Gasteiger partial charge in [0.2, 0.25) is 5.96 Å². The molecule has 0 spiro atoms. The molecule has 32 heavy (non-hydrogen) atoms. The van der Waals surface area contributed by atoms with Gasteiger partial charge in [-0.2, -0.15) is 0 Å². The van der Waals surface area contributed by atoms with Crippen LogP contribution >= 0.6 is 0 Å². The van der Waals surface area contributed by atoms with Crippen molar-refractivity contribution in [2.45, 2.75) is 11.9 Å². The first-order valence-corrected chi connectivity index (χ1v) is 9.48. The van der Waals surface area contributed by atoms with Crippen molar-refractivity contribution in [2.24, 2.45) is 10.7 Å². The molecular weight excluding hydrogens is 421 g/mol. The van der Waals surface area contributed by atoms with E-state index in [1.165, 1.54) is 30.6 Å². The molecule has 0 saturated heterocycles. The van der Waals surface area contributed by atoms with E-state index in [1.807, 2.05) is 24.3 Å². The maximum absolute atomic E-state index is 12.6. The Hall–Kier alpha value is -4.21. The van der Waals surface area contributed by atoms with Gasteiger partial charge in [-0.15, -0.1) is 13.2 Å². The number of hydrogen-bond donors (Lipinski definition) is 1. The smallest absolute Gasteiger partial charge is 0.406 e. The minimum Gasteiger partial charge on any atom is -0.406 e. The Morgan fingerprint density at radius 3 is 2.41 bits per heavy atom. The molecular formula is C22H15F3N6O. The molecule has 0 radical (unpaired) electrons. The van der Waals surface area contributed by atoms with Crippen LogP contribution in [0.3, 0.4) is 0 Å². The molecule has 160 valence electrons. The van der Waals surface area contributed by atoms with Crippen LogP contribution in [0.2, 0.25) is 0 Å². The third-order valence-corrected chi connectivity index (χ3v) is 5.17. The first-order valence-electron chi connectivity index (χ1n) is 9.48. The van der Waals surface area contributed by atoms with Crippen LogP contribution < -0.4 is 10.5 Å². The SMILES string of the molecule is NC1=NC(c2ccc(OC(F)(F)F)cc2)(c2cccc(-c3cncnc3)c2)c2nccn21. The van der Waals surface area contributed by atoms with Gasteiger partial charge in [-0.1, -0.05) is 30.3 Å². The zero-order valence-electron chi connectivity index (χ0n) is 16.4. The van der Waals surface area contributed by atoms with Crippen molar-refractivity contribution in [3.8, 4) is 16.9 Å². The molecule has 3 heterocycles. The molecule has 2 aromatic carbocycles. The third kappa shape index (κ3) is 3.25. The lowest BCUT2D eigenvalue weighted by molar-refractivity contribution is -0.274. The lowest BCUT2D eigenvalue weighted by Gasteiger charge is -2.27. The summed E-state index contributed by atoms with van der Waals surface area (Å²) in [5.74, 6) is 0.424. The number of nitrogens with two attached hydrogens (primary N) is 1. The second-order valence-corrected chi connectivity index (χ2v) is 7.08. The summed E-state index contributed by atoms with van der Waals surface area (Å²) in [4.78, 5) is 17.3. The molecule has 0 saturated carbocycles. The summed E-state index contributed by atoms with van der Waals surface area (Å²) in [6, 6.07) is 13.1. The maximum atomic E-state index is 12.6. The van der Waals surface area contributed by atoms with E-state index in [1.54, 1.807) is 29.4 Å². The van der Waals surface area contributed by atoms with E-state index in [2.05, 4.69) is 19.7 Å². The number of hydrogen-bond acceptors (Lipinski definition) is 6. The van der Waals surface area contributed by atoms with E-state index in [0.717, 1.165) is 16.7 Å². The molecule has 1 aliphatic rings. The third-order valence-electron chi connectivity index (χ3n) is 5.17. The Morgan fingerprint density at radius 1 is 0.938 bits per heavy atom. The lowest BCUT2D eigenvalue weighted by Crippen LogP contribution is -2.27. The zero-order valence-corrected chi connectivity index (χ0v) is 16.4. The van der Waals surface area contributed by atoms with Crippen LogP contribution in [0.1, 0.15) is 17.0 Å². The van der Waals surface area contributed by atoms with Gasteiger partial charge >= 0.3 is 6.36 Å². The van der Waals surface area contributed by atoms with E-state index in [9.17, 15) is 13.2 Å². The molecule has 1 atom stereocenters. The molecule has 0 amide bonds. The molecule has 5 rings (SSSR count). The predicted molar refractivity (Wildman–Crippen MR) is 110 cm³/mol. The number of rotatable bonds is 4. The number of alkyl halides is 3. The number of nitrogens with zero attached hydrogens (tertiary/aromatic N) is 5. The number of ether oxygens (including phenoxy) is 1. The topological polar surface area (TPSA) is 91.2 Å². The highest BCUT2D eigenvalue weighted by molar-refractivity contribution is 5.86. The molecule has 2 N–H and O–H groups in total. The second kappa shape index (κ2) is 7.19. The molecule has 2 aromatic heterocycles. The van der Waals surface area contributed by atoms with Gasteiger partial charge in [0.05, 0.1) is 0 Å². The molecule has 0 fully saturated rings. The van der Waals surface area contributed by atoms with E-state index in [4.69, 9.17) is 10.7 Å². The molecule has 1 unspecified atom stereocenters. The Kier molecular flexibility index (Phi) is 4.43. The van der Waals surface area contributed by atoms with Crippen LogP contribution in [0, 0.1) is 0 Å². The Balaban J connectivity index is 1.68. The summed E-state index contributed by atoms with van der Waals surface area (Å²) in [5.41, 5.74) is 7.99. The fourth-order valence-electron chi connectivity index (χ4n) is 3.86. The van der Waals surface area contributed by atoms with Crippen molar-refractivity contribution in [3.05, 3.63) is 96.6 Å². The number of aliphatic imine (C=N–C) groups is 1. The van der Waals surface area contributed by atoms with Gasteiger partial charge in [-0.25, -0.2) is 19.9 Å². The summed E-state index contributed by atoms with van der Waals surface area (Å²) in [6.45, 7) is 0. The highest BCUT2D eigenvalue weighted by Crippen LogP contribution is 2.44. The van der Waals surface area contributed by atoms with Crippen molar-refractivity contribution in [1.29, 1.82) is 0 Å². The van der Waals surface area contributed by atoms with E-state index < -0.39 is 11.9 Å². The van der Waals surface area contributed by atoms with Crippen molar-refractivity contribution >= 4 is 5.96 Å². The Labute approximate surface area is 180 Å². The summed E-state index contributed by atoms with van der Waals surface area (Å²) in [7, 11) is 0. The summed E-state index contributed by atoms with van der Waals surface area (Å²) in [5, 5.41) is 0. The largest absolute Gasteiger partial charge is 0.573 e. The fraction of sp³-hybridized carbons (Fsp3) is 0.0909. The summed E-state index contributed by atoms with van der Waals surface area (Å²) < 4.78 is 43.5. The van der Waals surface area contributed by atoms with Crippen molar-refractivity contribution in [2.75, 3.05) is 0 Å². The average Bonchev–Trinajstić information content (AvgIpc) is 3.38. The lowest BCUT2D eigenvalue weighted by atomic mass is 9.82. The fourth-order valence-corrected chi connectivity index (χ4v) is 3.86. The van der Waals surface area contributed by atoms with E-state index >= 15 is 0 Å². The van der Waals surface area contributed by atoms with Crippen LogP contribution in [-0.2, 0) is 5.54 Å². The normalized spacial score (nSPS) is 17.7. The maximum Gasteiger partial charge on any atom is 0.573 e. The van der Waals surface area contributed by atoms with Gasteiger partial charge in [-0.05, 0) is 34.9 Å². The van der Waals surface area contributed by atoms with Crippen LogP contribution in [0.5, 0.6) is 5.75 Å². The highest BCUT2D eigenvalue weighted by atomic mass is 19.4. The standard InChI is InChI=1S/C22H15F3N6O/c23-22(24,25)32-18-6-4-16(5-7-18)21(19-29-8-9-31(19)20(26)30-21)17-3-1-2-14(10-17)15-11-27-13-28-12-15/h1-13H,(H2,26,30). The minimum absolute atomic E-state index is 0.224. The molecule has 4 aromatic rings. The molecule has 1 aliphatic heterocycles. The first kappa shape index (κ1) is 19.7.